The molecule has 24 heavy (non-hydrogen) atoms. The predicted octanol–water partition coefficient (Wildman–Crippen LogP) is 4.32. The largest absolute Gasteiger partial charge is 0.378 e. The molecular formula is C17H16BrN5S. The van der Waals surface area contributed by atoms with E-state index in [1.807, 2.05) is 67.5 Å². The maximum absolute atomic E-state index is 5.30. The first-order valence-corrected chi connectivity index (χ1v) is 8.50. The second-order valence-electron chi connectivity index (χ2n) is 5.41. The quantitative estimate of drug-likeness (QED) is 0.523. The lowest BCUT2D eigenvalue weighted by Crippen LogP contribution is -2.08. The normalized spacial score (nSPS) is 11.1. The number of anilines is 1. The fourth-order valence-corrected chi connectivity index (χ4v) is 2.80. The summed E-state index contributed by atoms with van der Waals surface area (Å²) in [4.78, 5) is 2.05. The van der Waals surface area contributed by atoms with Gasteiger partial charge in [-0.25, -0.2) is 5.10 Å². The van der Waals surface area contributed by atoms with Crippen LogP contribution in [0.1, 0.15) is 5.56 Å². The number of nitrogens with one attached hydrogen (secondary N) is 1. The molecule has 7 heteroatoms. The van der Waals surface area contributed by atoms with Gasteiger partial charge < -0.3 is 4.90 Å². The molecule has 122 valence electrons. The highest BCUT2D eigenvalue weighted by molar-refractivity contribution is 9.10. The molecule has 1 heterocycles. The smallest absolute Gasteiger partial charge is 0.216 e. The van der Waals surface area contributed by atoms with Crippen LogP contribution in [0, 0.1) is 4.77 Å². The molecule has 0 radical (unpaired) electrons. The van der Waals surface area contributed by atoms with E-state index in [2.05, 4.69) is 31.2 Å². The van der Waals surface area contributed by atoms with Gasteiger partial charge in [0.05, 0.1) is 6.21 Å². The number of rotatable bonds is 4. The van der Waals surface area contributed by atoms with Gasteiger partial charge in [0.15, 0.2) is 5.82 Å². The van der Waals surface area contributed by atoms with Gasteiger partial charge in [-0.05, 0) is 54.2 Å². The van der Waals surface area contributed by atoms with Crippen LogP contribution in [0.3, 0.4) is 0 Å². The van der Waals surface area contributed by atoms with Crippen LogP contribution in [0.5, 0.6) is 0 Å². The van der Waals surface area contributed by atoms with Crippen molar-refractivity contribution in [3.05, 3.63) is 63.3 Å². The average Bonchev–Trinajstić information content (AvgIpc) is 2.94. The lowest BCUT2D eigenvalue weighted by Gasteiger charge is -2.12. The van der Waals surface area contributed by atoms with Gasteiger partial charge in [-0.15, -0.1) is 0 Å². The number of nitrogens with zero attached hydrogens (tertiary/aromatic N) is 4. The van der Waals surface area contributed by atoms with Crippen molar-refractivity contribution in [1.82, 2.24) is 14.9 Å². The molecule has 2 aromatic carbocycles. The van der Waals surface area contributed by atoms with Crippen LogP contribution in [0.4, 0.5) is 5.69 Å². The summed E-state index contributed by atoms with van der Waals surface area (Å²) in [5, 5.41) is 11.6. The van der Waals surface area contributed by atoms with Crippen molar-refractivity contribution in [2.75, 3.05) is 19.0 Å². The molecule has 3 rings (SSSR count). The molecule has 0 spiro atoms. The fraction of sp³-hybridized carbons (Fsp3) is 0.118. The third kappa shape index (κ3) is 3.63. The first-order chi connectivity index (χ1) is 11.5. The van der Waals surface area contributed by atoms with Gasteiger partial charge >= 0.3 is 0 Å². The molecule has 0 aliphatic heterocycles. The summed E-state index contributed by atoms with van der Waals surface area (Å²) >= 11 is 8.75. The zero-order valence-corrected chi connectivity index (χ0v) is 15.7. The average molecular weight is 402 g/mol. The molecule has 0 aliphatic rings. The third-order valence-electron chi connectivity index (χ3n) is 3.46. The molecule has 0 unspecified atom stereocenters. The predicted molar refractivity (Wildman–Crippen MR) is 104 cm³/mol. The van der Waals surface area contributed by atoms with E-state index in [1.54, 1.807) is 10.9 Å². The van der Waals surface area contributed by atoms with E-state index in [0.29, 0.717) is 10.6 Å². The lowest BCUT2D eigenvalue weighted by molar-refractivity contribution is 0.871. The Labute approximate surface area is 153 Å². The zero-order chi connectivity index (χ0) is 17.1. The molecule has 1 aromatic heterocycles. The Morgan fingerprint density at radius 2 is 1.96 bits per heavy atom. The first kappa shape index (κ1) is 16.6. The summed E-state index contributed by atoms with van der Waals surface area (Å²) in [6.45, 7) is 0. The van der Waals surface area contributed by atoms with Crippen molar-refractivity contribution < 1.29 is 0 Å². The van der Waals surface area contributed by atoms with Crippen molar-refractivity contribution >= 4 is 40.0 Å². The summed E-state index contributed by atoms with van der Waals surface area (Å²) in [5.74, 6) is 0.677. The van der Waals surface area contributed by atoms with E-state index < -0.39 is 0 Å². The molecule has 3 aromatic rings. The van der Waals surface area contributed by atoms with Crippen LogP contribution in [0.25, 0.3) is 11.4 Å². The van der Waals surface area contributed by atoms with Crippen LogP contribution < -0.4 is 4.90 Å². The number of halogens is 1. The van der Waals surface area contributed by atoms with E-state index in [9.17, 15) is 0 Å². The summed E-state index contributed by atoms with van der Waals surface area (Å²) in [5.41, 5.74) is 3.04. The first-order valence-electron chi connectivity index (χ1n) is 7.30. The highest BCUT2D eigenvalue weighted by Crippen LogP contribution is 2.21. The molecule has 0 atom stereocenters. The van der Waals surface area contributed by atoms with Crippen LogP contribution in [-0.4, -0.2) is 35.2 Å². The maximum atomic E-state index is 5.30. The Morgan fingerprint density at radius 1 is 1.21 bits per heavy atom. The maximum Gasteiger partial charge on any atom is 0.216 e. The monoisotopic (exact) mass is 401 g/mol. The fourth-order valence-electron chi connectivity index (χ4n) is 2.21. The van der Waals surface area contributed by atoms with E-state index in [-0.39, 0.29) is 0 Å². The second kappa shape index (κ2) is 7.11. The summed E-state index contributed by atoms with van der Waals surface area (Å²) in [6, 6.07) is 16.0. The van der Waals surface area contributed by atoms with Crippen molar-refractivity contribution in [2.24, 2.45) is 5.10 Å². The molecule has 0 amide bonds. The van der Waals surface area contributed by atoms with Crippen LogP contribution in [0.15, 0.2) is 58.1 Å². The SMILES string of the molecule is CN(C)c1ccc(-c2n[nH]c(=S)n2N=Cc2cccc(Br)c2)cc1. The molecule has 0 saturated carbocycles. The number of aromatic amines is 1. The van der Waals surface area contributed by atoms with Gasteiger partial charge in [0.25, 0.3) is 0 Å². The van der Waals surface area contributed by atoms with Gasteiger partial charge in [0.1, 0.15) is 0 Å². The van der Waals surface area contributed by atoms with Gasteiger partial charge in [-0.1, -0.05) is 28.1 Å². The number of benzene rings is 2. The minimum atomic E-state index is 0.452. The van der Waals surface area contributed by atoms with E-state index in [0.717, 1.165) is 21.3 Å². The van der Waals surface area contributed by atoms with Crippen molar-refractivity contribution in [2.45, 2.75) is 0 Å². The molecular weight excluding hydrogens is 386 g/mol. The number of hydrogen-bond acceptors (Lipinski definition) is 4. The van der Waals surface area contributed by atoms with E-state index >= 15 is 0 Å². The van der Waals surface area contributed by atoms with Crippen LogP contribution in [0.2, 0.25) is 0 Å². The lowest BCUT2D eigenvalue weighted by atomic mass is 10.2. The van der Waals surface area contributed by atoms with Gasteiger partial charge in [0.2, 0.25) is 4.77 Å². The summed E-state index contributed by atoms with van der Waals surface area (Å²) in [6.07, 6.45) is 1.76. The standard InChI is InChI=1S/C17H16BrN5S/c1-22(2)15-8-6-13(7-9-15)16-20-21-17(24)23(16)19-11-12-4-3-5-14(18)10-12/h3-11H,1-2H3,(H,21,24). The molecule has 0 aliphatic carbocycles. The zero-order valence-electron chi connectivity index (χ0n) is 13.3. The Kier molecular flexibility index (Phi) is 4.92. The summed E-state index contributed by atoms with van der Waals surface area (Å²) < 4.78 is 3.08. The Balaban J connectivity index is 1.95. The molecule has 0 fully saturated rings. The molecule has 0 bridgehead atoms. The minimum absolute atomic E-state index is 0.452. The molecule has 1 N–H and O–H groups in total. The summed E-state index contributed by atoms with van der Waals surface area (Å²) in [7, 11) is 4.01. The Morgan fingerprint density at radius 3 is 2.62 bits per heavy atom. The molecule has 5 nitrogen and oxygen atoms in total. The Hall–Kier alpha value is -2.25. The number of hydrogen-bond donors (Lipinski definition) is 1. The van der Waals surface area contributed by atoms with Gasteiger partial charge in [-0.2, -0.15) is 14.9 Å². The van der Waals surface area contributed by atoms with Crippen molar-refractivity contribution in [3.8, 4) is 11.4 Å². The Bertz CT molecular complexity index is 925. The van der Waals surface area contributed by atoms with Crippen LogP contribution in [-0.2, 0) is 0 Å². The van der Waals surface area contributed by atoms with Crippen molar-refractivity contribution in [3.63, 3.8) is 0 Å². The van der Waals surface area contributed by atoms with Gasteiger partial charge in [0, 0.05) is 29.8 Å². The van der Waals surface area contributed by atoms with E-state index in [1.165, 1.54) is 0 Å². The minimum Gasteiger partial charge on any atom is -0.378 e. The number of H-pyrrole nitrogens is 1. The third-order valence-corrected chi connectivity index (χ3v) is 4.22. The van der Waals surface area contributed by atoms with Crippen molar-refractivity contribution in [1.29, 1.82) is 0 Å². The highest BCUT2D eigenvalue weighted by Gasteiger charge is 2.08. The highest BCUT2D eigenvalue weighted by atomic mass is 79.9. The molecule has 0 saturated heterocycles. The second-order valence-corrected chi connectivity index (χ2v) is 6.71. The van der Waals surface area contributed by atoms with Crippen LogP contribution >= 0.6 is 28.1 Å². The number of aromatic nitrogens is 3. The van der Waals surface area contributed by atoms with Gasteiger partial charge in [-0.3, -0.25) is 0 Å². The topological polar surface area (TPSA) is 49.2 Å². The van der Waals surface area contributed by atoms with E-state index in [4.69, 9.17) is 12.2 Å².